The molecular weight excluding hydrogens is 254 g/mol. The normalized spacial score (nSPS) is 10.4. The van der Waals surface area contributed by atoms with E-state index in [4.69, 9.17) is 9.84 Å². The van der Waals surface area contributed by atoms with Crippen molar-refractivity contribution in [2.45, 2.75) is 6.42 Å². The molecule has 0 unspecified atom stereocenters. The monoisotopic (exact) mass is 271 g/mol. The Balaban J connectivity index is 2.74. The van der Waals surface area contributed by atoms with Crippen LogP contribution in [0.4, 0.5) is 0 Å². The third-order valence-corrected chi connectivity index (χ3v) is 2.45. The number of aliphatic hydroxyl groups is 1. The van der Waals surface area contributed by atoms with E-state index >= 15 is 0 Å². The summed E-state index contributed by atoms with van der Waals surface area (Å²) in [7, 11) is 1.51. The summed E-state index contributed by atoms with van der Waals surface area (Å²) in [4.78, 5) is 39.9. The van der Waals surface area contributed by atoms with E-state index in [1.54, 1.807) is 0 Å². The van der Waals surface area contributed by atoms with Crippen LogP contribution in [0.15, 0.2) is 15.7 Å². The molecule has 0 bridgehead atoms. The molecule has 0 aliphatic heterocycles. The fourth-order valence-corrected chi connectivity index (χ4v) is 1.57. The van der Waals surface area contributed by atoms with Gasteiger partial charge in [-0.1, -0.05) is 0 Å². The summed E-state index contributed by atoms with van der Waals surface area (Å²) < 4.78 is 4.87. The number of aromatic amines is 2. The molecule has 8 heteroatoms. The fourth-order valence-electron chi connectivity index (χ4n) is 1.57. The number of aliphatic hydroxyl groups excluding tert-OH is 1. The molecule has 1 rings (SSSR count). The van der Waals surface area contributed by atoms with Gasteiger partial charge in [-0.05, 0) is 0 Å². The Morgan fingerprint density at radius 2 is 2.11 bits per heavy atom. The Kier molecular flexibility index (Phi) is 5.97. The molecule has 0 aliphatic rings. The number of hydrogen-bond acceptors (Lipinski definition) is 5. The first-order valence-electron chi connectivity index (χ1n) is 5.77. The van der Waals surface area contributed by atoms with Crippen LogP contribution >= 0.6 is 0 Å². The molecule has 3 N–H and O–H groups in total. The third kappa shape index (κ3) is 5.06. The topological polar surface area (TPSA) is 115 Å². The van der Waals surface area contributed by atoms with Gasteiger partial charge < -0.3 is 19.7 Å². The highest BCUT2D eigenvalue weighted by atomic mass is 16.5. The number of nitrogens with one attached hydrogen (secondary N) is 2. The van der Waals surface area contributed by atoms with Crippen LogP contribution in [0, 0.1) is 0 Å². The molecule has 0 saturated heterocycles. The number of aromatic nitrogens is 2. The molecule has 0 saturated carbocycles. The van der Waals surface area contributed by atoms with Gasteiger partial charge in [-0.3, -0.25) is 14.6 Å². The van der Waals surface area contributed by atoms with Crippen LogP contribution in [0.5, 0.6) is 0 Å². The van der Waals surface area contributed by atoms with Crippen LogP contribution in [-0.2, 0) is 16.0 Å². The number of carbonyl (C=O) groups excluding carboxylic acids is 1. The van der Waals surface area contributed by atoms with Crippen molar-refractivity contribution < 1.29 is 14.6 Å². The van der Waals surface area contributed by atoms with Gasteiger partial charge >= 0.3 is 5.69 Å². The van der Waals surface area contributed by atoms with E-state index in [1.165, 1.54) is 12.0 Å². The van der Waals surface area contributed by atoms with Crippen LogP contribution in [0.25, 0.3) is 0 Å². The maximum Gasteiger partial charge on any atom is 0.325 e. The Hall–Kier alpha value is -1.93. The summed E-state index contributed by atoms with van der Waals surface area (Å²) >= 11 is 0. The molecule has 1 aromatic rings. The number of ether oxygens (including phenoxy) is 1. The summed E-state index contributed by atoms with van der Waals surface area (Å²) in [6.07, 6.45) is -0.108. The molecule has 106 valence electrons. The van der Waals surface area contributed by atoms with Crippen molar-refractivity contribution in [3.05, 3.63) is 32.6 Å². The standard InChI is InChI=1S/C11H17N3O5/c1-19-5-3-14(2-4-15)10(17)7-8-6-9(16)13-11(18)12-8/h6,15H,2-5,7H2,1H3,(H2,12,13,16,18). The van der Waals surface area contributed by atoms with Crippen molar-refractivity contribution in [2.24, 2.45) is 0 Å². The van der Waals surface area contributed by atoms with Crippen LogP contribution in [-0.4, -0.2) is 59.3 Å². The lowest BCUT2D eigenvalue weighted by Gasteiger charge is -2.21. The first-order chi connectivity index (χ1) is 9.06. The summed E-state index contributed by atoms with van der Waals surface area (Å²) in [5, 5.41) is 8.89. The second-order valence-corrected chi connectivity index (χ2v) is 3.89. The lowest BCUT2D eigenvalue weighted by atomic mass is 10.2. The zero-order chi connectivity index (χ0) is 14.3. The third-order valence-electron chi connectivity index (χ3n) is 2.45. The predicted molar refractivity (Wildman–Crippen MR) is 66.9 cm³/mol. The van der Waals surface area contributed by atoms with Gasteiger partial charge in [0.2, 0.25) is 5.91 Å². The smallest absolute Gasteiger partial charge is 0.325 e. The molecular formula is C11H17N3O5. The maximum atomic E-state index is 12.0. The van der Waals surface area contributed by atoms with Gasteiger partial charge in [-0.2, -0.15) is 0 Å². The number of amides is 1. The van der Waals surface area contributed by atoms with Gasteiger partial charge in [0.25, 0.3) is 5.56 Å². The average molecular weight is 271 g/mol. The minimum atomic E-state index is -0.652. The highest BCUT2D eigenvalue weighted by Crippen LogP contribution is 1.97. The number of hydrogen-bond donors (Lipinski definition) is 3. The lowest BCUT2D eigenvalue weighted by molar-refractivity contribution is -0.131. The maximum absolute atomic E-state index is 12.0. The molecule has 19 heavy (non-hydrogen) atoms. The molecule has 1 aromatic heterocycles. The molecule has 8 nitrogen and oxygen atoms in total. The number of methoxy groups -OCH3 is 1. The van der Waals surface area contributed by atoms with E-state index < -0.39 is 11.2 Å². The second-order valence-electron chi connectivity index (χ2n) is 3.89. The van der Waals surface area contributed by atoms with Gasteiger partial charge in [-0.25, -0.2) is 4.79 Å². The molecule has 1 amide bonds. The van der Waals surface area contributed by atoms with Crippen LogP contribution in [0.3, 0.4) is 0 Å². The van der Waals surface area contributed by atoms with Gasteiger partial charge in [-0.15, -0.1) is 0 Å². The van der Waals surface area contributed by atoms with E-state index in [0.717, 1.165) is 6.07 Å². The summed E-state index contributed by atoms with van der Waals surface area (Å²) in [5.41, 5.74) is -0.975. The van der Waals surface area contributed by atoms with Crippen molar-refractivity contribution in [2.75, 3.05) is 33.4 Å². The molecule has 0 fully saturated rings. The number of nitrogens with zero attached hydrogens (tertiary/aromatic N) is 1. The van der Waals surface area contributed by atoms with E-state index in [-0.39, 0.29) is 31.2 Å². The van der Waals surface area contributed by atoms with Gasteiger partial charge in [0.05, 0.1) is 19.6 Å². The van der Waals surface area contributed by atoms with Crippen molar-refractivity contribution in [1.82, 2.24) is 14.9 Å². The molecule has 1 heterocycles. The molecule has 0 aliphatic carbocycles. The van der Waals surface area contributed by atoms with E-state index in [9.17, 15) is 14.4 Å². The predicted octanol–water partition coefficient (Wildman–Crippen LogP) is -1.93. The van der Waals surface area contributed by atoms with Crippen LogP contribution < -0.4 is 11.2 Å². The Labute approximate surface area is 109 Å². The summed E-state index contributed by atoms with van der Waals surface area (Å²) in [6, 6.07) is 1.16. The van der Waals surface area contributed by atoms with Crippen molar-refractivity contribution in [1.29, 1.82) is 0 Å². The summed E-state index contributed by atoms with van der Waals surface area (Å²) in [6.45, 7) is 0.692. The Bertz CT molecular complexity index is 493. The van der Waals surface area contributed by atoms with Crippen molar-refractivity contribution in [3.8, 4) is 0 Å². The van der Waals surface area contributed by atoms with E-state index in [1.807, 2.05) is 4.98 Å². The van der Waals surface area contributed by atoms with E-state index in [2.05, 4.69) is 4.98 Å². The minimum Gasteiger partial charge on any atom is -0.395 e. The highest BCUT2D eigenvalue weighted by Gasteiger charge is 2.14. The van der Waals surface area contributed by atoms with E-state index in [0.29, 0.717) is 13.2 Å². The minimum absolute atomic E-state index is 0.108. The number of carbonyl (C=O) groups is 1. The largest absolute Gasteiger partial charge is 0.395 e. The number of rotatable bonds is 7. The SMILES string of the molecule is COCCN(CCO)C(=O)Cc1cc(=O)[nH]c(=O)[nH]1. The van der Waals surface area contributed by atoms with Gasteiger partial charge in [0.15, 0.2) is 0 Å². The number of H-pyrrole nitrogens is 2. The first kappa shape index (κ1) is 15.1. The first-order valence-corrected chi connectivity index (χ1v) is 5.77. The van der Waals surface area contributed by atoms with Crippen LogP contribution in [0.1, 0.15) is 5.69 Å². The van der Waals surface area contributed by atoms with Crippen LogP contribution in [0.2, 0.25) is 0 Å². The molecule has 0 spiro atoms. The Morgan fingerprint density at radius 3 is 2.68 bits per heavy atom. The molecule has 0 radical (unpaired) electrons. The average Bonchev–Trinajstić information content (AvgIpc) is 2.33. The molecule has 0 atom stereocenters. The quantitative estimate of drug-likeness (QED) is 0.534. The highest BCUT2D eigenvalue weighted by molar-refractivity contribution is 5.78. The zero-order valence-corrected chi connectivity index (χ0v) is 10.6. The molecule has 0 aromatic carbocycles. The second kappa shape index (κ2) is 7.49. The van der Waals surface area contributed by atoms with Gasteiger partial charge in [0, 0.05) is 32.0 Å². The summed E-state index contributed by atoms with van der Waals surface area (Å²) in [5.74, 6) is -0.299. The lowest BCUT2D eigenvalue weighted by Crippen LogP contribution is -2.38. The zero-order valence-electron chi connectivity index (χ0n) is 10.6. The Morgan fingerprint density at radius 1 is 1.37 bits per heavy atom. The van der Waals surface area contributed by atoms with Gasteiger partial charge in [0.1, 0.15) is 0 Å². The fraction of sp³-hybridized carbons (Fsp3) is 0.545. The van der Waals surface area contributed by atoms with Crippen molar-refractivity contribution >= 4 is 5.91 Å². The van der Waals surface area contributed by atoms with Crippen molar-refractivity contribution in [3.63, 3.8) is 0 Å².